The lowest BCUT2D eigenvalue weighted by Gasteiger charge is -2.11. The van der Waals surface area contributed by atoms with Crippen LogP contribution in [0.2, 0.25) is 0 Å². The average Bonchev–Trinajstić information content (AvgIpc) is 2.96. The predicted molar refractivity (Wildman–Crippen MR) is 94.8 cm³/mol. The van der Waals surface area contributed by atoms with E-state index in [1.807, 2.05) is 31.2 Å². The molecule has 1 aromatic heterocycles. The second-order valence-corrected chi connectivity index (χ2v) is 6.80. The van der Waals surface area contributed by atoms with E-state index in [0.717, 1.165) is 11.1 Å². The standard InChI is InChI=1S/C17H21N3O3S/c1-11-6-4-5-7-14(11)9-18-16(21)10-24-13(3)17(22)19-15-8-12(2)23-20-15/h4-8,13H,9-10H2,1-3H3,(H,18,21)(H,19,20,22)/t13-/m0/s1. The maximum atomic E-state index is 12.0. The van der Waals surface area contributed by atoms with Gasteiger partial charge in [-0.05, 0) is 31.9 Å². The van der Waals surface area contributed by atoms with Gasteiger partial charge in [-0.2, -0.15) is 0 Å². The molecule has 1 atom stereocenters. The summed E-state index contributed by atoms with van der Waals surface area (Å²) in [5.74, 6) is 0.925. The van der Waals surface area contributed by atoms with Crippen molar-refractivity contribution in [3.63, 3.8) is 0 Å². The molecule has 2 amide bonds. The molecular weight excluding hydrogens is 326 g/mol. The minimum absolute atomic E-state index is 0.0971. The largest absolute Gasteiger partial charge is 0.360 e. The Morgan fingerprint density at radius 2 is 2.04 bits per heavy atom. The van der Waals surface area contributed by atoms with Crippen molar-refractivity contribution in [3.05, 3.63) is 47.2 Å². The molecule has 128 valence electrons. The van der Waals surface area contributed by atoms with Gasteiger partial charge in [0.1, 0.15) is 5.76 Å². The fraction of sp³-hybridized carbons (Fsp3) is 0.353. The molecule has 2 N–H and O–H groups in total. The van der Waals surface area contributed by atoms with Crippen LogP contribution in [0.5, 0.6) is 0 Å². The number of aromatic nitrogens is 1. The average molecular weight is 347 g/mol. The van der Waals surface area contributed by atoms with Crippen molar-refractivity contribution >= 4 is 29.4 Å². The molecule has 0 aliphatic heterocycles. The number of amides is 2. The lowest BCUT2D eigenvalue weighted by atomic mass is 10.1. The Morgan fingerprint density at radius 1 is 1.29 bits per heavy atom. The van der Waals surface area contributed by atoms with Gasteiger partial charge in [-0.3, -0.25) is 9.59 Å². The Morgan fingerprint density at radius 3 is 2.71 bits per heavy atom. The first-order valence-corrected chi connectivity index (χ1v) is 8.67. The minimum atomic E-state index is -0.369. The summed E-state index contributed by atoms with van der Waals surface area (Å²) in [6.45, 7) is 6.00. The summed E-state index contributed by atoms with van der Waals surface area (Å²) < 4.78 is 4.89. The van der Waals surface area contributed by atoms with Crippen LogP contribution < -0.4 is 10.6 Å². The lowest BCUT2D eigenvalue weighted by Crippen LogP contribution is -2.28. The summed E-state index contributed by atoms with van der Waals surface area (Å²) in [5.41, 5.74) is 2.23. The molecule has 2 rings (SSSR count). The highest BCUT2D eigenvalue weighted by Gasteiger charge is 2.16. The zero-order chi connectivity index (χ0) is 17.5. The molecule has 2 aromatic rings. The van der Waals surface area contributed by atoms with E-state index in [1.54, 1.807) is 19.9 Å². The SMILES string of the molecule is Cc1cc(NC(=O)[C@H](C)SCC(=O)NCc2ccccc2C)no1. The summed E-state index contributed by atoms with van der Waals surface area (Å²) in [6.07, 6.45) is 0. The van der Waals surface area contributed by atoms with Gasteiger partial charge >= 0.3 is 0 Å². The van der Waals surface area contributed by atoms with Crippen LogP contribution in [0.15, 0.2) is 34.9 Å². The number of nitrogens with one attached hydrogen (secondary N) is 2. The third kappa shape index (κ3) is 5.42. The van der Waals surface area contributed by atoms with Crippen molar-refractivity contribution in [2.75, 3.05) is 11.1 Å². The van der Waals surface area contributed by atoms with Crippen LogP contribution in [0.4, 0.5) is 5.82 Å². The molecular formula is C17H21N3O3S. The normalized spacial score (nSPS) is 11.8. The van der Waals surface area contributed by atoms with Crippen molar-refractivity contribution in [1.29, 1.82) is 0 Å². The summed E-state index contributed by atoms with van der Waals surface area (Å²) in [5, 5.41) is 8.86. The number of carbonyl (C=O) groups excluding carboxylic acids is 2. The third-order valence-corrected chi connectivity index (χ3v) is 4.59. The van der Waals surface area contributed by atoms with Gasteiger partial charge in [-0.25, -0.2) is 0 Å². The van der Waals surface area contributed by atoms with Gasteiger partial charge < -0.3 is 15.2 Å². The number of aryl methyl sites for hydroxylation is 2. The van der Waals surface area contributed by atoms with Crippen LogP contribution in [-0.4, -0.2) is 28.0 Å². The van der Waals surface area contributed by atoms with Crippen LogP contribution in [0, 0.1) is 13.8 Å². The first-order valence-electron chi connectivity index (χ1n) is 7.62. The first kappa shape index (κ1) is 18.1. The number of anilines is 1. The molecule has 1 aromatic carbocycles. The Hall–Kier alpha value is -2.28. The summed E-state index contributed by atoms with van der Waals surface area (Å²) in [6, 6.07) is 9.55. The Labute approximate surface area is 145 Å². The van der Waals surface area contributed by atoms with Gasteiger partial charge in [-0.15, -0.1) is 11.8 Å². The maximum Gasteiger partial charge on any atom is 0.238 e. The molecule has 24 heavy (non-hydrogen) atoms. The second-order valence-electron chi connectivity index (χ2n) is 5.47. The molecule has 0 saturated carbocycles. The summed E-state index contributed by atoms with van der Waals surface area (Å²) in [4.78, 5) is 23.9. The van der Waals surface area contributed by atoms with Crippen LogP contribution in [-0.2, 0) is 16.1 Å². The number of thioether (sulfide) groups is 1. The maximum absolute atomic E-state index is 12.0. The number of hydrogen-bond donors (Lipinski definition) is 2. The molecule has 0 bridgehead atoms. The molecule has 1 heterocycles. The monoisotopic (exact) mass is 347 g/mol. The molecule has 0 unspecified atom stereocenters. The van der Waals surface area contributed by atoms with Crippen molar-refractivity contribution in [3.8, 4) is 0 Å². The quantitative estimate of drug-likeness (QED) is 0.804. The smallest absolute Gasteiger partial charge is 0.238 e. The van der Waals surface area contributed by atoms with E-state index in [9.17, 15) is 9.59 Å². The molecule has 6 nitrogen and oxygen atoms in total. The van der Waals surface area contributed by atoms with E-state index < -0.39 is 0 Å². The van der Waals surface area contributed by atoms with E-state index in [4.69, 9.17) is 4.52 Å². The zero-order valence-corrected chi connectivity index (χ0v) is 14.8. The Kier molecular flexibility index (Phi) is 6.43. The molecule has 0 radical (unpaired) electrons. The van der Waals surface area contributed by atoms with E-state index in [0.29, 0.717) is 18.1 Å². The first-order chi connectivity index (χ1) is 11.5. The lowest BCUT2D eigenvalue weighted by molar-refractivity contribution is -0.118. The van der Waals surface area contributed by atoms with Gasteiger partial charge in [0.15, 0.2) is 5.82 Å². The topological polar surface area (TPSA) is 84.2 Å². The van der Waals surface area contributed by atoms with Gasteiger partial charge in [-0.1, -0.05) is 29.4 Å². The van der Waals surface area contributed by atoms with Crippen molar-refractivity contribution < 1.29 is 14.1 Å². The highest BCUT2D eigenvalue weighted by atomic mass is 32.2. The van der Waals surface area contributed by atoms with Crippen molar-refractivity contribution in [1.82, 2.24) is 10.5 Å². The van der Waals surface area contributed by atoms with E-state index >= 15 is 0 Å². The zero-order valence-electron chi connectivity index (χ0n) is 14.0. The Bertz CT molecular complexity index is 715. The molecule has 0 aliphatic rings. The molecule has 0 spiro atoms. The molecule has 7 heteroatoms. The van der Waals surface area contributed by atoms with Crippen LogP contribution in [0.3, 0.4) is 0 Å². The fourth-order valence-corrected chi connectivity index (χ4v) is 2.70. The van der Waals surface area contributed by atoms with Crippen LogP contribution in [0.25, 0.3) is 0 Å². The Balaban J connectivity index is 1.72. The number of rotatable bonds is 7. The third-order valence-electron chi connectivity index (χ3n) is 3.45. The molecule has 0 aliphatic carbocycles. The van der Waals surface area contributed by atoms with Crippen LogP contribution >= 0.6 is 11.8 Å². The van der Waals surface area contributed by atoms with E-state index in [2.05, 4.69) is 15.8 Å². The second kappa shape index (κ2) is 8.54. The highest BCUT2D eigenvalue weighted by molar-refractivity contribution is 8.01. The summed E-state index contributed by atoms with van der Waals surface area (Å²) in [7, 11) is 0. The summed E-state index contributed by atoms with van der Waals surface area (Å²) >= 11 is 1.28. The van der Waals surface area contributed by atoms with Crippen molar-refractivity contribution in [2.24, 2.45) is 0 Å². The van der Waals surface area contributed by atoms with E-state index in [1.165, 1.54) is 11.8 Å². The van der Waals surface area contributed by atoms with Crippen LogP contribution in [0.1, 0.15) is 23.8 Å². The van der Waals surface area contributed by atoms with E-state index in [-0.39, 0.29) is 22.8 Å². The number of carbonyl (C=O) groups is 2. The van der Waals surface area contributed by atoms with Crippen molar-refractivity contribution in [2.45, 2.75) is 32.6 Å². The van der Waals surface area contributed by atoms with Gasteiger partial charge in [0.25, 0.3) is 0 Å². The number of benzene rings is 1. The molecule has 0 saturated heterocycles. The van der Waals surface area contributed by atoms with Gasteiger partial charge in [0, 0.05) is 12.6 Å². The number of hydrogen-bond acceptors (Lipinski definition) is 5. The number of nitrogens with zero attached hydrogens (tertiary/aromatic N) is 1. The van der Waals surface area contributed by atoms with Gasteiger partial charge in [0.2, 0.25) is 11.8 Å². The minimum Gasteiger partial charge on any atom is -0.360 e. The predicted octanol–water partition coefficient (Wildman–Crippen LogP) is 2.67. The van der Waals surface area contributed by atoms with Gasteiger partial charge in [0.05, 0.1) is 11.0 Å². The molecule has 0 fully saturated rings. The fourth-order valence-electron chi connectivity index (χ4n) is 1.98. The highest BCUT2D eigenvalue weighted by Crippen LogP contribution is 2.14.